The third-order valence-corrected chi connectivity index (χ3v) is 2.04. The number of benzene rings is 1. The van der Waals surface area contributed by atoms with Gasteiger partial charge < -0.3 is 10.5 Å². The Bertz CT molecular complexity index is 363. The van der Waals surface area contributed by atoms with Crippen LogP contribution in [0.5, 0.6) is 5.75 Å². The van der Waals surface area contributed by atoms with Crippen molar-refractivity contribution < 1.29 is 4.74 Å². The van der Waals surface area contributed by atoms with Gasteiger partial charge in [-0.05, 0) is 50.5 Å². The molecule has 1 aromatic carbocycles. The molecule has 0 aliphatic rings. The van der Waals surface area contributed by atoms with E-state index in [1.165, 1.54) is 5.56 Å². The van der Waals surface area contributed by atoms with Crippen LogP contribution in [-0.2, 0) is 6.42 Å². The Balaban J connectivity index is 2.67. The second kappa shape index (κ2) is 5.17. The van der Waals surface area contributed by atoms with E-state index in [-0.39, 0.29) is 5.54 Å². The van der Waals surface area contributed by atoms with Crippen LogP contribution in [0.3, 0.4) is 0 Å². The zero-order chi connectivity index (χ0) is 12.2. The maximum Gasteiger partial charge on any atom is 0.120 e. The maximum absolute atomic E-state index is 5.98. The molecule has 0 aliphatic carbocycles. The van der Waals surface area contributed by atoms with Crippen LogP contribution in [0.25, 0.3) is 0 Å². The molecular weight excluding hydrogens is 198 g/mol. The van der Waals surface area contributed by atoms with Gasteiger partial charge in [0, 0.05) is 5.54 Å². The Labute approximate surface area is 98.1 Å². The summed E-state index contributed by atoms with van der Waals surface area (Å²) in [7, 11) is 0. The molecule has 0 fully saturated rings. The predicted octanol–water partition coefficient (Wildman–Crippen LogP) is 2.92. The highest BCUT2D eigenvalue weighted by Crippen LogP contribution is 2.17. The molecule has 0 bridgehead atoms. The molecule has 0 amide bonds. The average Bonchev–Trinajstić information content (AvgIpc) is 2.12. The van der Waals surface area contributed by atoms with Gasteiger partial charge in [-0.1, -0.05) is 18.7 Å². The molecule has 0 spiro atoms. The fourth-order valence-electron chi connectivity index (χ4n) is 1.48. The lowest BCUT2D eigenvalue weighted by Gasteiger charge is -2.18. The molecule has 2 heteroatoms. The summed E-state index contributed by atoms with van der Waals surface area (Å²) in [6, 6.07) is 8.06. The van der Waals surface area contributed by atoms with Crippen LogP contribution in [0, 0.1) is 0 Å². The van der Waals surface area contributed by atoms with E-state index < -0.39 is 0 Å². The van der Waals surface area contributed by atoms with Crippen LogP contribution in [0.15, 0.2) is 36.4 Å². The van der Waals surface area contributed by atoms with Crippen LogP contribution in [0.2, 0.25) is 0 Å². The Morgan fingerprint density at radius 3 is 2.69 bits per heavy atom. The standard InChI is InChI=1S/C14H21NO/c1-11(2)10-16-13-7-5-6-12(8-13)9-14(3,4)15/h5-8H,1,9-10,15H2,2-4H3. The Kier molecular flexibility index (Phi) is 4.13. The third kappa shape index (κ3) is 4.99. The second-order valence-corrected chi connectivity index (χ2v) is 5.06. The van der Waals surface area contributed by atoms with E-state index in [4.69, 9.17) is 10.5 Å². The molecule has 88 valence electrons. The van der Waals surface area contributed by atoms with Crippen molar-refractivity contribution in [3.63, 3.8) is 0 Å². The SMILES string of the molecule is C=C(C)COc1cccc(CC(C)(C)N)c1. The van der Waals surface area contributed by atoms with Gasteiger partial charge in [-0.25, -0.2) is 0 Å². The summed E-state index contributed by atoms with van der Waals surface area (Å²) in [5, 5.41) is 0. The first-order valence-corrected chi connectivity index (χ1v) is 5.52. The smallest absolute Gasteiger partial charge is 0.120 e. The van der Waals surface area contributed by atoms with Gasteiger partial charge in [-0.2, -0.15) is 0 Å². The molecule has 16 heavy (non-hydrogen) atoms. The van der Waals surface area contributed by atoms with E-state index >= 15 is 0 Å². The van der Waals surface area contributed by atoms with Gasteiger partial charge in [-0.3, -0.25) is 0 Å². The Hall–Kier alpha value is -1.28. The van der Waals surface area contributed by atoms with Gasteiger partial charge in [-0.15, -0.1) is 0 Å². The van der Waals surface area contributed by atoms with Crippen molar-refractivity contribution in [3.8, 4) is 5.75 Å². The number of ether oxygens (including phenoxy) is 1. The molecule has 0 heterocycles. The van der Waals surface area contributed by atoms with Crippen LogP contribution in [0.1, 0.15) is 26.3 Å². The second-order valence-electron chi connectivity index (χ2n) is 5.06. The van der Waals surface area contributed by atoms with Crippen molar-refractivity contribution in [2.24, 2.45) is 5.73 Å². The topological polar surface area (TPSA) is 35.2 Å². The van der Waals surface area contributed by atoms with Gasteiger partial charge >= 0.3 is 0 Å². The molecular formula is C14H21NO. The van der Waals surface area contributed by atoms with E-state index in [0.717, 1.165) is 17.7 Å². The molecule has 0 saturated heterocycles. The first-order chi connectivity index (χ1) is 7.37. The lowest BCUT2D eigenvalue weighted by molar-refractivity contribution is 0.352. The first-order valence-electron chi connectivity index (χ1n) is 5.52. The van der Waals surface area contributed by atoms with Crippen molar-refractivity contribution in [1.82, 2.24) is 0 Å². The highest BCUT2D eigenvalue weighted by atomic mass is 16.5. The van der Waals surface area contributed by atoms with E-state index in [9.17, 15) is 0 Å². The van der Waals surface area contributed by atoms with E-state index in [1.807, 2.05) is 39.0 Å². The lowest BCUT2D eigenvalue weighted by atomic mass is 9.96. The molecule has 0 saturated carbocycles. The Morgan fingerprint density at radius 1 is 1.44 bits per heavy atom. The summed E-state index contributed by atoms with van der Waals surface area (Å²) >= 11 is 0. The van der Waals surface area contributed by atoms with Gasteiger partial charge in [0.1, 0.15) is 12.4 Å². The van der Waals surface area contributed by atoms with E-state index in [1.54, 1.807) is 0 Å². The molecule has 0 unspecified atom stereocenters. The molecule has 2 nitrogen and oxygen atoms in total. The normalized spacial score (nSPS) is 11.2. The molecule has 1 aromatic rings. The van der Waals surface area contributed by atoms with Crippen LogP contribution in [0.4, 0.5) is 0 Å². The predicted molar refractivity (Wildman–Crippen MR) is 68.7 cm³/mol. The molecule has 1 rings (SSSR count). The largest absolute Gasteiger partial charge is 0.489 e. The highest BCUT2D eigenvalue weighted by Gasteiger charge is 2.11. The van der Waals surface area contributed by atoms with Crippen molar-refractivity contribution >= 4 is 0 Å². The Morgan fingerprint density at radius 2 is 2.12 bits per heavy atom. The van der Waals surface area contributed by atoms with Crippen molar-refractivity contribution in [1.29, 1.82) is 0 Å². The molecule has 0 aromatic heterocycles. The summed E-state index contributed by atoms with van der Waals surface area (Å²) in [6.45, 7) is 10.4. The summed E-state index contributed by atoms with van der Waals surface area (Å²) in [4.78, 5) is 0. The van der Waals surface area contributed by atoms with Gasteiger partial charge in [0.2, 0.25) is 0 Å². The molecule has 0 atom stereocenters. The minimum Gasteiger partial charge on any atom is -0.489 e. The van der Waals surface area contributed by atoms with Gasteiger partial charge in [0.25, 0.3) is 0 Å². The monoisotopic (exact) mass is 219 g/mol. The molecule has 0 radical (unpaired) electrons. The van der Waals surface area contributed by atoms with Gasteiger partial charge in [0.15, 0.2) is 0 Å². The fraction of sp³-hybridized carbons (Fsp3) is 0.429. The zero-order valence-corrected chi connectivity index (χ0v) is 10.4. The van der Waals surface area contributed by atoms with Crippen LogP contribution >= 0.6 is 0 Å². The number of hydrogen-bond donors (Lipinski definition) is 1. The highest BCUT2D eigenvalue weighted by molar-refractivity contribution is 5.29. The quantitative estimate of drug-likeness (QED) is 0.773. The fourth-order valence-corrected chi connectivity index (χ4v) is 1.48. The summed E-state index contributed by atoms with van der Waals surface area (Å²) in [5.41, 5.74) is 8.02. The molecule has 0 aliphatic heterocycles. The third-order valence-electron chi connectivity index (χ3n) is 2.04. The average molecular weight is 219 g/mol. The van der Waals surface area contributed by atoms with Crippen LogP contribution in [-0.4, -0.2) is 12.1 Å². The first kappa shape index (κ1) is 12.8. The number of nitrogens with two attached hydrogens (primary N) is 1. The zero-order valence-electron chi connectivity index (χ0n) is 10.4. The lowest BCUT2D eigenvalue weighted by Crippen LogP contribution is -2.34. The summed E-state index contributed by atoms with van der Waals surface area (Å²) < 4.78 is 5.58. The van der Waals surface area contributed by atoms with Crippen molar-refractivity contribution in [2.75, 3.05) is 6.61 Å². The van der Waals surface area contributed by atoms with Crippen molar-refractivity contribution in [2.45, 2.75) is 32.7 Å². The summed E-state index contributed by atoms with van der Waals surface area (Å²) in [6.07, 6.45) is 0.845. The minimum atomic E-state index is -0.188. The minimum absolute atomic E-state index is 0.188. The summed E-state index contributed by atoms with van der Waals surface area (Å²) in [5.74, 6) is 0.879. The van der Waals surface area contributed by atoms with E-state index in [0.29, 0.717) is 6.61 Å². The van der Waals surface area contributed by atoms with E-state index in [2.05, 4.69) is 12.6 Å². The number of rotatable bonds is 5. The maximum atomic E-state index is 5.98. The van der Waals surface area contributed by atoms with Crippen molar-refractivity contribution in [3.05, 3.63) is 42.0 Å². The molecule has 2 N–H and O–H groups in total. The van der Waals surface area contributed by atoms with Gasteiger partial charge in [0.05, 0.1) is 0 Å². The van der Waals surface area contributed by atoms with Crippen LogP contribution < -0.4 is 10.5 Å². The number of hydrogen-bond acceptors (Lipinski definition) is 2.